The Hall–Kier alpha value is -2.12. The molecule has 1 nitrogen and oxygen atoms in total. The fraction of sp³-hybridized carbons (Fsp3) is 0.238. The Balaban J connectivity index is 1.61. The van der Waals surface area contributed by atoms with E-state index >= 15 is 0 Å². The van der Waals surface area contributed by atoms with Crippen LogP contribution in [0.2, 0.25) is 0 Å². The van der Waals surface area contributed by atoms with Crippen LogP contribution in [0.25, 0.3) is 6.08 Å². The van der Waals surface area contributed by atoms with Crippen LogP contribution in [0.1, 0.15) is 24.0 Å². The lowest BCUT2D eigenvalue weighted by Gasteiger charge is -2.23. The van der Waals surface area contributed by atoms with Crippen molar-refractivity contribution in [2.75, 3.05) is 6.54 Å². The summed E-state index contributed by atoms with van der Waals surface area (Å²) in [5.41, 5.74) is 4.01. The zero-order valence-corrected chi connectivity index (χ0v) is 13.0. The van der Waals surface area contributed by atoms with Crippen LogP contribution in [0.3, 0.4) is 0 Å². The molecule has 3 rings (SSSR count). The molecule has 0 aliphatic carbocycles. The van der Waals surface area contributed by atoms with Crippen LogP contribution in [0.15, 0.2) is 78.9 Å². The third-order valence-electron chi connectivity index (χ3n) is 4.21. The molecule has 0 spiro atoms. The minimum atomic E-state index is 0.577. The number of nitrogens with zero attached hydrogens (tertiary/aromatic N) is 1. The molecule has 22 heavy (non-hydrogen) atoms. The van der Waals surface area contributed by atoms with Gasteiger partial charge in [-0.25, -0.2) is 0 Å². The first kappa shape index (κ1) is 14.8. The van der Waals surface area contributed by atoms with Crippen LogP contribution in [-0.4, -0.2) is 17.5 Å². The van der Waals surface area contributed by atoms with E-state index in [2.05, 4.69) is 84.3 Å². The third kappa shape index (κ3) is 3.96. The highest BCUT2D eigenvalue weighted by atomic mass is 15.2. The van der Waals surface area contributed by atoms with Gasteiger partial charge < -0.3 is 0 Å². The van der Waals surface area contributed by atoms with Gasteiger partial charge in [-0.15, -0.1) is 0 Å². The Morgan fingerprint density at radius 3 is 2.41 bits per heavy atom. The molecule has 1 aliphatic rings. The average molecular weight is 289 g/mol. The van der Waals surface area contributed by atoms with Gasteiger partial charge in [-0.1, -0.05) is 85.0 Å². The molecule has 112 valence electrons. The molecule has 0 radical (unpaired) electrons. The topological polar surface area (TPSA) is 3.24 Å². The second kappa shape index (κ2) is 7.24. The highest BCUT2D eigenvalue weighted by Crippen LogP contribution is 2.26. The van der Waals surface area contributed by atoms with Crippen LogP contribution in [-0.2, 0) is 6.54 Å². The third-order valence-corrected chi connectivity index (χ3v) is 4.21. The monoisotopic (exact) mass is 289 g/mol. The summed E-state index contributed by atoms with van der Waals surface area (Å²) in [7, 11) is 0. The number of likely N-dealkylation sites (tertiary alicyclic amines) is 1. The maximum absolute atomic E-state index is 4.20. The molecular weight excluding hydrogens is 266 g/mol. The Morgan fingerprint density at radius 2 is 1.68 bits per heavy atom. The molecule has 1 heterocycles. The molecule has 0 aromatic heterocycles. The normalized spacial score (nSPS) is 19.1. The van der Waals surface area contributed by atoms with Crippen LogP contribution in [0.4, 0.5) is 0 Å². The molecule has 0 bridgehead atoms. The van der Waals surface area contributed by atoms with E-state index in [0.717, 1.165) is 25.9 Å². The summed E-state index contributed by atoms with van der Waals surface area (Å²) < 4.78 is 0. The van der Waals surface area contributed by atoms with Crippen molar-refractivity contribution in [1.82, 2.24) is 4.90 Å². The predicted octanol–water partition coefficient (Wildman–Crippen LogP) is 4.92. The molecule has 1 unspecified atom stereocenters. The molecule has 0 N–H and O–H groups in total. The minimum Gasteiger partial charge on any atom is -0.292 e. The van der Waals surface area contributed by atoms with E-state index in [0.29, 0.717) is 6.04 Å². The van der Waals surface area contributed by atoms with E-state index < -0.39 is 0 Å². The van der Waals surface area contributed by atoms with Gasteiger partial charge in [0.15, 0.2) is 0 Å². The summed E-state index contributed by atoms with van der Waals surface area (Å²) in [6, 6.07) is 21.8. The Bertz CT molecular complexity index is 627. The van der Waals surface area contributed by atoms with Crippen molar-refractivity contribution >= 4 is 6.08 Å². The molecule has 1 heteroatoms. The van der Waals surface area contributed by atoms with Crippen molar-refractivity contribution in [2.24, 2.45) is 0 Å². The van der Waals surface area contributed by atoms with Crippen molar-refractivity contribution in [3.05, 3.63) is 90.0 Å². The van der Waals surface area contributed by atoms with Gasteiger partial charge in [0.25, 0.3) is 0 Å². The van der Waals surface area contributed by atoms with Gasteiger partial charge in [-0.2, -0.15) is 0 Å². The quantitative estimate of drug-likeness (QED) is 0.706. The fourth-order valence-electron chi connectivity index (χ4n) is 3.10. The van der Waals surface area contributed by atoms with Gasteiger partial charge in [0.05, 0.1) is 0 Å². The van der Waals surface area contributed by atoms with Crippen LogP contribution in [0, 0.1) is 0 Å². The Labute approximate surface area is 133 Å². The molecule has 1 atom stereocenters. The Morgan fingerprint density at radius 1 is 1.00 bits per heavy atom. The van der Waals surface area contributed by atoms with E-state index in [-0.39, 0.29) is 0 Å². The van der Waals surface area contributed by atoms with Crippen LogP contribution >= 0.6 is 0 Å². The van der Waals surface area contributed by atoms with Crippen LogP contribution < -0.4 is 0 Å². The average Bonchev–Trinajstić information content (AvgIpc) is 2.89. The minimum absolute atomic E-state index is 0.577. The van der Waals surface area contributed by atoms with Crippen molar-refractivity contribution in [3.63, 3.8) is 0 Å². The van der Waals surface area contributed by atoms with Gasteiger partial charge in [-0.3, -0.25) is 4.90 Å². The summed E-state index contributed by atoms with van der Waals surface area (Å²) in [5.74, 6) is 0. The number of rotatable bonds is 5. The maximum Gasteiger partial charge on any atom is 0.0240 e. The number of benzene rings is 2. The van der Waals surface area contributed by atoms with Crippen LogP contribution in [0.5, 0.6) is 0 Å². The lowest BCUT2D eigenvalue weighted by atomic mass is 10.1. The van der Waals surface area contributed by atoms with Crippen molar-refractivity contribution in [3.8, 4) is 0 Å². The molecule has 0 saturated carbocycles. The van der Waals surface area contributed by atoms with E-state index in [1.54, 1.807) is 0 Å². The second-order valence-electron chi connectivity index (χ2n) is 6.05. The lowest BCUT2D eigenvalue weighted by Crippen LogP contribution is -2.28. The Kier molecular flexibility index (Phi) is 4.87. The fourth-order valence-corrected chi connectivity index (χ4v) is 3.10. The molecule has 0 amide bonds. The summed E-state index contributed by atoms with van der Waals surface area (Å²) in [6.07, 6.45) is 6.73. The predicted molar refractivity (Wildman–Crippen MR) is 94.5 cm³/mol. The van der Waals surface area contributed by atoms with E-state index in [1.165, 1.54) is 16.7 Å². The molecule has 1 saturated heterocycles. The summed E-state index contributed by atoms with van der Waals surface area (Å²) in [6.45, 7) is 6.24. The first-order valence-electron chi connectivity index (χ1n) is 7.97. The zero-order chi connectivity index (χ0) is 15.2. The molecule has 1 fully saturated rings. The van der Waals surface area contributed by atoms with Gasteiger partial charge in [-0.05, 0) is 24.0 Å². The van der Waals surface area contributed by atoms with Gasteiger partial charge in [0, 0.05) is 19.1 Å². The standard InChI is InChI=1S/C21H23N/c1-18-15-21(14-8-13-19-9-4-2-5-10-19)22(16-18)17-20-11-6-3-7-12-20/h2-13,21H,1,14-17H2/b13-8+. The first-order chi connectivity index (χ1) is 10.8. The molecule has 2 aromatic rings. The first-order valence-corrected chi connectivity index (χ1v) is 7.97. The summed E-state index contributed by atoms with van der Waals surface area (Å²) >= 11 is 0. The molecule has 1 aliphatic heterocycles. The molecular formula is C21H23N. The van der Waals surface area contributed by atoms with E-state index in [1.807, 2.05) is 0 Å². The molecule has 2 aromatic carbocycles. The second-order valence-corrected chi connectivity index (χ2v) is 6.05. The van der Waals surface area contributed by atoms with Crippen molar-refractivity contribution in [1.29, 1.82) is 0 Å². The van der Waals surface area contributed by atoms with E-state index in [4.69, 9.17) is 0 Å². The van der Waals surface area contributed by atoms with Crippen molar-refractivity contribution < 1.29 is 0 Å². The number of hydrogen-bond donors (Lipinski definition) is 0. The zero-order valence-electron chi connectivity index (χ0n) is 13.0. The lowest BCUT2D eigenvalue weighted by molar-refractivity contribution is 0.248. The summed E-state index contributed by atoms with van der Waals surface area (Å²) in [5, 5.41) is 0. The maximum atomic E-state index is 4.20. The number of hydrogen-bond acceptors (Lipinski definition) is 1. The largest absolute Gasteiger partial charge is 0.292 e. The van der Waals surface area contributed by atoms with Gasteiger partial charge >= 0.3 is 0 Å². The highest BCUT2D eigenvalue weighted by molar-refractivity contribution is 5.48. The SMILES string of the molecule is C=C1CC(C/C=C/c2ccccc2)N(Cc2ccccc2)C1. The van der Waals surface area contributed by atoms with Crippen molar-refractivity contribution in [2.45, 2.75) is 25.4 Å². The smallest absolute Gasteiger partial charge is 0.0240 e. The van der Waals surface area contributed by atoms with Gasteiger partial charge in [0.2, 0.25) is 0 Å². The highest BCUT2D eigenvalue weighted by Gasteiger charge is 2.25. The summed E-state index contributed by atoms with van der Waals surface area (Å²) in [4.78, 5) is 2.55. The van der Waals surface area contributed by atoms with Gasteiger partial charge in [0.1, 0.15) is 0 Å². The van der Waals surface area contributed by atoms with E-state index in [9.17, 15) is 0 Å².